The average molecular weight is 479 g/mol. The van der Waals surface area contributed by atoms with Crippen molar-refractivity contribution in [3.05, 3.63) is 133 Å². The molecule has 1 aliphatic heterocycles. The van der Waals surface area contributed by atoms with Gasteiger partial charge in [-0.2, -0.15) is 4.98 Å². The van der Waals surface area contributed by atoms with Gasteiger partial charge in [0, 0.05) is 22.7 Å². The minimum Gasteiger partial charge on any atom is -0.294 e. The lowest BCUT2D eigenvalue weighted by Crippen LogP contribution is -2.30. The summed E-state index contributed by atoms with van der Waals surface area (Å²) in [6, 6.07) is 40.2. The Balaban J connectivity index is 1.47. The van der Waals surface area contributed by atoms with Crippen molar-refractivity contribution in [3.8, 4) is 22.5 Å². The van der Waals surface area contributed by atoms with Crippen LogP contribution in [-0.4, -0.2) is 14.4 Å². The first-order valence-corrected chi connectivity index (χ1v) is 12.6. The number of hydrogen-bond donors (Lipinski definition) is 0. The summed E-state index contributed by atoms with van der Waals surface area (Å²) in [7, 11) is 0. The zero-order valence-electron chi connectivity index (χ0n) is 20.8. The van der Waals surface area contributed by atoms with Crippen LogP contribution in [0.2, 0.25) is 0 Å². The lowest BCUT2D eigenvalue weighted by atomic mass is 9.73. The molecule has 0 N–H and O–H groups in total. The highest BCUT2D eigenvalue weighted by atomic mass is 15.2. The van der Waals surface area contributed by atoms with Crippen LogP contribution in [0.5, 0.6) is 0 Å². The molecule has 0 bridgehead atoms. The minimum atomic E-state index is -0.109. The Morgan fingerprint density at radius 3 is 1.73 bits per heavy atom. The molecule has 2 aromatic heterocycles. The molecule has 3 heterocycles. The normalized spacial score (nSPS) is 13.8. The van der Waals surface area contributed by atoms with Crippen molar-refractivity contribution in [2.45, 2.75) is 19.3 Å². The number of para-hydroxylation sites is 2. The molecule has 7 rings (SSSR count). The van der Waals surface area contributed by atoms with Crippen LogP contribution in [0.4, 0.5) is 17.2 Å². The molecule has 4 aromatic carbocycles. The lowest BCUT2D eigenvalue weighted by Gasteiger charge is -2.41. The molecule has 4 heteroatoms. The van der Waals surface area contributed by atoms with E-state index in [2.05, 4.69) is 132 Å². The molecule has 178 valence electrons. The molecule has 0 aliphatic carbocycles. The molecule has 1 aliphatic rings. The van der Waals surface area contributed by atoms with Crippen molar-refractivity contribution >= 4 is 23.0 Å². The fraction of sp³-hybridized carbons (Fsp3) is 0.0909. The van der Waals surface area contributed by atoms with Crippen molar-refractivity contribution in [2.24, 2.45) is 0 Å². The second-order valence-electron chi connectivity index (χ2n) is 9.99. The molecule has 0 atom stereocenters. The van der Waals surface area contributed by atoms with Crippen molar-refractivity contribution in [3.63, 3.8) is 0 Å². The Hall–Kier alpha value is -4.70. The summed E-state index contributed by atoms with van der Waals surface area (Å²) in [5.74, 6) is 1.53. The molecular formula is C33H26N4. The van der Waals surface area contributed by atoms with Crippen LogP contribution in [0.25, 0.3) is 28.3 Å². The molecular weight excluding hydrogens is 452 g/mol. The highest BCUT2D eigenvalue weighted by Crippen LogP contribution is 2.51. The van der Waals surface area contributed by atoms with E-state index < -0.39 is 0 Å². The van der Waals surface area contributed by atoms with Gasteiger partial charge in [0.1, 0.15) is 5.82 Å². The largest absolute Gasteiger partial charge is 0.294 e. The van der Waals surface area contributed by atoms with Crippen LogP contribution in [0.1, 0.15) is 25.0 Å². The van der Waals surface area contributed by atoms with Gasteiger partial charge < -0.3 is 0 Å². The molecule has 0 amide bonds. The van der Waals surface area contributed by atoms with E-state index in [1.807, 2.05) is 12.1 Å². The van der Waals surface area contributed by atoms with Crippen LogP contribution in [0, 0.1) is 0 Å². The van der Waals surface area contributed by atoms with Gasteiger partial charge in [-0.25, -0.2) is 4.98 Å². The smallest absolute Gasteiger partial charge is 0.236 e. The number of benzene rings is 4. The van der Waals surface area contributed by atoms with Crippen LogP contribution >= 0.6 is 0 Å². The summed E-state index contributed by atoms with van der Waals surface area (Å²) in [4.78, 5) is 12.5. The van der Waals surface area contributed by atoms with Gasteiger partial charge in [0.05, 0.1) is 22.8 Å². The van der Waals surface area contributed by atoms with Crippen LogP contribution in [0.15, 0.2) is 121 Å². The Morgan fingerprint density at radius 1 is 0.568 bits per heavy atom. The maximum absolute atomic E-state index is 5.15. The quantitative estimate of drug-likeness (QED) is 0.257. The monoisotopic (exact) mass is 478 g/mol. The minimum absolute atomic E-state index is 0.109. The molecule has 0 saturated heterocycles. The predicted octanol–water partition coefficient (Wildman–Crippen LogP) is 8.17. The molecule has 0 saturated carbocycles. The zero-order valence-corrected chi connectivity index (χ0v) is 20.8. The molecule has 0 fully saturated rings. The molecule has 6 aromatic rings. The molecule has 0 radical (unpaired) electrons. The summed E-state index contributed by atoms with van der Waals surface area (Å²) in [5, 5.41) is 0. The first-order valence-electron chi connectivity index (χ1n) is 12.6. The second kappa shape index (κ2) is 8.17. The Labute approximate surface area is 216 Å². The molecule has 37 heavy (non-hydrogen) atoms. The maximum Gasteiger partial charge on any atom is 0.236 e. The van der Waals surface area contributed by atoms with Gasteiger partial charge in [0.25, 0.3) is 0 Å². The summed E-state index contributed by atoms with van der Waals surface area (Å²) in [6.45, 7) is 4.59. The van der Waals surface area contributed by atoms with Crippen LogP contribution < -0.4 is 4.90 Å². The SMILES string of the molecule is CC1(C)c2ccccc2N(c2ccn3c(-c4ccccc4)c(-c4ccccc4)nc3n2)c2ccccc21. The van der Waals surface area contributed by atoms with Gasteiger partial charge in [-0.3, -0.25) is 9.30 Å². The fourth-order valence-corrected chi connectivity index (χ4v) is 5.63. The van der Waals surface area contributed by atoms with Gasteiger partial charge in [-0.05, 0) is 29.3 Å². The third-order valence-electron chi connectivity index (χ3n) is 7.44. The van der Waals surface area contributed by atoms with E-state index in [-0.39, 0.29) is 5.41 Å². The third kappa shape index (κ3) is 3.30. The summed E-state index contributed by atoms with van der Waals surface area (Å²) in [5.41, 5.74) is 8.92. The van der Waals surface area contributed by atoms with Crippen molar-refractivity contribution < 1.29 is 0 Å². The van der Waals surface area contributed by atoms with Crippen LogP contribution in [-0.2, 0) is 5.41 Å². The second-order valence-corrected chi connectivity index (χ2v) is 9.99. The van der Waals surface area contributed by atoms with Gasteiger partial charge >= 0.3 is 0 Å². The number of nitrogens with zero attached hydrogens (tertiary/aromatic N) is 4. The number of imidazole rings is 1. The maximum atomic E-state index is 5.15. The topological polar surface area (TPSA) is 33.4 Å². The highest BCUT2D eigenvalue weighted by molar-refractivity contribution is 5.86. The number of anilines is 3. The van der Waals surface area contributed by atoms with Crippen molar-refractivity contribution in [2.75, 3.05) is 4.90 Å². The standard InChI is InChI=1S/C33H26N4/c1-33(2)25-17-9-11-19-27(25)37(28-20-12-10-18-26(28)33)29-21-22-36-31(24-15-7-4-8-16-24)30(35-32(36)34-29)23-13-5-3-6-14-23/h3-22H,1-2H3. The van der Waals surface area contributed by atoms with Crippen molar-refractivity contribution in [1.82, 2.24) is 14.4 Å². The average Bonchev–Trinajstić information content (AvgIpc) is 3.33. The first kappa shape index (κ1) is 21.6. The Bertz CT molecular complexity index is 1700. The van der Waals surface area contributed by atoms with E-state index in [0.717, 1.165) is 39.7 Å². The first-order chi connectivity index (χ1) is 18.1. The predicted molar refractivity (Wildman–Crippen MR) is 151 cm³/mol. The fourth-order valence-electron chi connectivity index (χ4n) is 5.63. The van der Waals surface area contributed by atoms with Crippen LogP contribution in [0.3, 0.4) is 0 Å². The van der Waals surface area contributed by atoms with Gasteiger partial charge in [0.15, 0.2) is 0 Å². The molecule has 0 spiro atoms. The number of fused-ring (bicyclic) bond motifs is 3. The lowest BCUT2D eigenvalue weighted by molar-refractivity contribution is 0.631. The van der Waals surface area contributed by atoms with E-state index in [4.69, 9.17) is 9.97 Å². The van der Waals surface area contributed by atoms with Gasteiger partial charge in [0.2, 0.25) is 5.78 Å². The van der Waals surface area contributed by atoms with E-state index >= 15 is 0 Å². The van der Waals surface area contributed by atoms with E-state index in [1.54, 1.807) is 0 Å². The number of aromatic nitrogens is 3. The number of hydrogen-bond acceptors (Lipinski definition) is 3. The molecule has 4 nitrogen and oxygen atoms in total. The molecule has 0 unspecified atom stereocenters. The van der Waals surface area contributed by atoms with Gasteiger partial charge in [-0.1, -0.05) is 111 Å². The summed E-state index contributed by atoms with van der Waals surface area (Å²) in [6.07, 6.45) is 2.10. The van der Waals surface area contributed by atoms with E-state index in [0.29, 0.717) is 5.78 Å². The third-order valence-corrected chi connectivity index (χ3v) is 7.44. The van der Waals surface area contributed by atoms with Gasteiger partial charge in [-0.15, -0.1) is 0 Å². The number of rotatable bonds is 3. The van der Waals surface area contributed by atoms with E-state index in [1.165, 1.54) is 11.1 Å². The van der Waals surface area contributed by atoms with Crippen molar-refractivity contribution in [1.29, 1.82) is 0 Å². The summed E-state index contributed by atoms with van der Waals surface area (Å²) >= 11 is 0. The summed E-state index contributed by atoms with van der Waals surface area (Å²) < 4.78 is 2.10. The Kier molecular flexibility index (Phi) is 4.76. The van der Waals surface area contributed by atoms with E-state index in [9.17, 15) is 0 Å². The zero-order chi connectivity index (χ0) is 25.0. The Morgan fingerprint density at radius 2 is 1.11 bits per heavy atom. The highest BCUT2D eigenvalue weighted by Gasteiger charge is 2.37.